The molecule has 6 heteroatoms. The number of anilines is 1. The van der Waals surface area contributed by atoms with Gasteiger partial charge in [0.05, 0.1) is 5.97 Å². The van der Waals surface area contributed by atoms with Gasteiger partial charge in [0.1, 0.15) is 18.4 Å². The Morgan fingerprint density at radius 3 is 2.38 bits per heavy atom. The van der Waals surface area contributed by atoms with E-state index in [1.54, 1.807) is 24.3 Å². The predicted molar refractivity (Wildman–Crippen MR) is 86.8 cm³/mol. The molecular weight excluding hydrogens is 308 g/mol. The number of carboxylic acid groups (broad SMARTS) is 1. The first-order valence-corrected chi connectivity index (χ1v) is 7.65. The topological polar surface area (TPSA) is 106 Å². The lowest BCUT2D eigenvalue weighted by Gasteiger charge is -2.10. The summed E-state index contributed by atoms with van der Waals surface area (Å²) in [5, 5.41) is 13.3. The number of quaternary nitrogens is 1. The molecule has 4 N–H and O–H groups in total. The Morgan fingerprint density at radius 2 is 1.75 bits per heavy atom. The van der Waals surface area contributed by atoms with Crippen LogP contribution in [0, 0.1) is 0 Å². The van der Waals surface area contributed by atoms with Gasteiger partial charge in [-0.05, 0) is 29.8 Å². The fraction of sp³-hybridized carbons (Fsp3) is 0.222. The molecular formula is C18H20N2O4. The molecule has 0 aliphatic rings. The first-order valence-electron chi connectivity index (χ1n) is 7.65. The van der Waals surface area contributed by atoms with Crippen molar-refractivity contribution in [2.45, 2.75) is 25.5 Å². The van der Waals surface area contributed by atoms with Gasteiger partial charge in [0, 0.05) is 18.5 Å². The third-order valence-corrected chi connectivity index (χ3v) is 3.44. The first kappa shape index (κ1) is 17.5. The van der Waals surface area contributed by atoms with Crippen LogP contribution in [0.1, 0.15) is 18.4 Å². The van der Waals surface area contributed by atoms with Gasteiger partial charge in [0.15, 0.2) is 0 Å². The fourth-order valence-corrected chi connectivity index (χ4v) is 2.02. The summed E-state index contributed by atoms with van der Waals surface area (Å²) < 4.78 is 5.66. The quantitative estimate of drug-likeness (QED) is 0.729. The van der Waals surface area contributed by atoms with Gasteiger partial charge in [-0.25, -0.2) is 0 Å². The van der Waals surface area contributed by atoms with Crippen LogP contribution in [0.15, 0.2) is 54.6 Å². The highest BCUT2D eigenvalue weighted by atomic mass is 16.5. The van der Waals surface area contributed by atoms with Gasteiger partial charge < -0.3 is 25.7 Å². The summed E-state index contributed by atoms with van der Waals surface area (Å²) in [7, 11) is 0. The second-order valence-electron chi connectivity index (χ2n) is 5.40. The van der Waals surface area contributed by atoms with E-state index in [1.165, 1.54) is 0 Å². The molecule has 2 aromatic rings. The number of nitrogens with one attached hydrogen (secondary N) is 1. The fourth-order valence-electron chi connectivity index (χ4n) is 2.02. The molecule has 126 valence electrons. The summed E-state index contributed by atoms with van der Waals surface area (Å²) in [6.07, 6.45) is 0.223. The normalized spacial score (nSPS) is 11.5. The van der Waals surface area contributed by atoms with Crippen LogP contribution in [-0.2, 0) is 16.2 Å². The van der Waals surface area contributed by atoms with Gasteiger partial charge in [0.2, 0.25) is 5.91 Å². The number of benzene rings is 2. The third kappa shape index (κ3) is 5.73. The average Bonchev–Trinajstić information content (AvgIpc) is 2.60. The molecule has 0 spiro atoms. The van der Waals surface area contributed by atoms with Crippen LogP contribution in [0.5, 0.6) is 5.75 Å². The zero-order valence-corrected chi connectivity index (χ0v) is 13.2. The van der Waals surface area contributed by atoms with E-state index >= 15 is 0 Å². The van der Waals surface area contributed by atoms with Gasteiger partial charge in [-0.3, -0.25) is 4.79 Å². The number of rotatable bonds is 8. The molecule has 2 rings (SSSR count). The first-order chi connectivity index (χ1) is 11.5. The van der Waals surface area contributed by atoms with E-state index in [1.807, 2.05) is 30.3 Å². The van der Waals surface area contributed by atoms with Crippen LogP contribution < -0.4 is 20.9 Å². The second kappa shape index (κ2) is 8.69. The summed E-state index contributed by atoms with van der Waals surface area (Å²) >= 11 is 0. The van der Waals surface area contributed by atoms with Gasteiger partial charge in [-0.1, -0.05) is 30.3 Å². The molecule has 0 unspecified atom stereocenters. The smallest absolute Gasteiger partial charge is 0.224 e. The summed E-state index contributed by atoms with van der Waals surface area (Å²) in [5.74, 6) is -0.808. The van der Waals surface area contributed by atoms with Crippen molar-refractivity contribution in [2.24, 2.45) is 0 Å². The van der Waals surface area contributed by atoms with Crippen LogP contribution in [0.25, 0.3) is 0 Å². The number of carboxylic acids is 1. The molecule has 0 saturated carbocycles. The summed E-state index contributed by atoms with van der Waals surface area (Å²) in [5.41, 5.74) is 5.12. The van der Waals surface area contributed by atoms with Crippen molar-refractivity contribution in [2.75, 3.05) is 5.32 Å². The zero-order chi connectivity index (χ0) is 17.4. The summed E-state index contributed by atoms with van der Waals surface area (Å²) in [4.78, 5) is 22.3. The lowest BCUT2D eigenvalue weighted by Crippen LogP contribution is -2.68. The number of hydrogen-bond acceptors (Lipinski definition) is 4. The van der Waals surface area contributed by atoms with Crippen molar-refractivity contribution in [3.63, 3.8) is 0 Å². The summed E-state index contributed by atoms with van der Waals surface area (Å²) in [6.45, 7) is 0.473. The minimum Gasteiger partial charge on any atom is -0.544 e. The molecule has 0 radical (unpaired) electrons. The maximum absolute atomic E-state index is 11.8. The molecule has 0 heterocycles. The largest absolute Gasteiger partial charge is 0.544 e. The van der Waals surface area contributed by atoms with Crippen LogP contribution in [0.2, 0.25) is 0 Å². The molecule has 1 atom stereocenters. The van der Waals surface area contributed by atoms with E-state index in [0.717, 1.165) is 5.56 Å². The number of amides is 1. The van der Waals surface area contributed by atoms with Gasteiger partial charge in [-0.15, -0.1) is 0 Å². The van der Waals surface area contributed by atoms with E-state index < -0.39 is 12.0 Å². The molecule has 0 bridgehead atoms. The number of carbonyl (C=O) groups is 2. The lowest BCUT2D eigenvalue weighted by molar-refractivity contribution is -0.438. The number of carbonyl (C=O) groups excluding carboxylic acids is 2. The Hall–Kier alpha value is -2.86. The van der Waals surface area contributed by atoms with Crippen LogP contribution in [0.3, 0.4) is 0 Å². The molecule has 0 aliphatic carbocycles. The van der Waals surface area contributed by atoms with Crippen LogP contribution in [-0.4, -0.2) is 17.9 Å². The molecule has 2 aromatic carbocycles. The molecule has 24 heavy (non-hydrogen) atoms. The SMILES string of the molecule is [NH3+][C@@H](CCC(=O)Nc1ccc(OCc2ccccc2)cc1)C(=O)[O-]. The standard InChI is InChI=1S/C18H20N2O4/c19-16(18(22)23)10-11-17(21)20-14-6-8-15(9-7-14)24-12-13-4-2-1-3-5-13/h1-9,16H,10-12,19H2,(H,20,21)(H,22,23)/t16-/m0/s1. The summed E-state index contributed by atoms with van der Waals surface area (Å²) in [6, 6.07) is 15.9. The monoisotopic (exact) mass is 328 g/mol. The molecule has 0 fully saturated rings. The Labute approximate surface area is 140 Å². The maximum atomic E-state index is 11.8. The zero-order valence-electron chi connectivity index (χ0n) is 13.2. The Kier molecular flexibility index (Phi) is 6.33. The Balaban J connectivity index is 1.79. The maximum Gasteiger partial charge on any atom is 0.224 e. The molecule has 0 aliphatic heterocycles. The van der Waals surface area contributed by atoms with Crippen molar-refractivity contribution in [1.82, 2.24) is 0 Å². The minimum atomic E-state index is -1.25. The Bertz CT molecular complexity index is 671. The average molecular weight is 328 g/mol. The highest BCUT2D eigenvalue weighted by Gasteiger charge is 2.10. The number of ether oxygens (including phenoxy) is 1. The van der Waals surface area contributed by atoms with Gasteiger partial charge >= 0.3 is 0 Å². The molecule has 0 saturated heterocycles. The number of hydrogen-bond donors (Lipinski definition) is 2. The number of aliphatic carboxylic acids is 1. The van der Waals surface area contributed by atoms with Gasteiger partial charge in [-0.2, -0.15) is 0 Å². The highest BCUT2D eigenvalue weighted by molar-refractivity contribution is 5.91. The van der Waals surface area contributed by atoms with Crippen molar-refractivity contribution >= 4 is 17.6 Å². The van der Waals surface area contributed by atoms with E-state index in [0.29, 0.717) is 18.0 Å². The van der Waals surface area contributed by atoms with Crippen LogP contribution in [0.4, 0.5) is 5.69 Å². The minimum absolute atomic E-state index is 0.0778. The van der Waals surface area contributed by atoms with E-state index in [2.05, 4.69) is 11.1 Å². The molecule has 0 aromatic heterocycles. The van der Waals surface area contributed by atoms with Crippen molar-refractivity contribution in [1.29, 1.82) is 0 Å². The third-order valence-electron chi connectivity index (χ3n) is 3.44. The van der Waals surface area contributed by atoms with E-state index in [4.69, 9.17) is 4.74 Å². The lowest BCUT2D eigenvalue weighted by atomic mass is 10.1. The van der Waals surface area contributed by atoms with E-state index in [9.17, 15) is 14.7 Å². The van der Waals surface area contributed by atoms with Crippen molar-refractivity contribution in [3.05, 3.63) is 60.2 Å². The molecule has 1 amide bonds. The van der Waals surface area contributed by atoms with Crippen LogP contribution >= 0.6 is 0 Å². The second-order valence-corrected chi connectivity index (χ2v) is 5.40. The molecule has 6 nitrogen and oxygen atoms in total. The predicted octanol–water partition coefficient (Wildman–Crippen LogP) is 0.345. The highest BCUT2D eigenvalue weighted by Crippen LogP contribution is 2.17. The van der Waals surface area contributed by atoms with Gasteiger partial charge in [0.25, 0.3) is 0 Å². The Morgan fingerprint density at radius 1 is 1.08 bits per heavy atom. The van der Waals surface area contributed by atoms with Crippen molar-refractivity contribution in [3.8, 4) is 5.75 Å². The van der Waals surface area contributed by atoms with E-state index in [-0.39, 0.29) is 18.7 Å². The van der Waals surface area contributed by atoms with Crippen molar-refractivity contribution < 1.29 is 25.2 Å².